The maximum atomic E-state index is 13.0. The molecule has 0 saturated carbocycles. The summed E-state index contributed by atoms with van der Waals surface area (Å²) in [5.74, 6) is 0.514. The molecule has 1 aromatic heterocycles. The molecular weight excluding hydrogens is 749 g/mol. The highest BCUT2D eigenvalue weighted by molar-refractivity contribution is 5.65. The highest BCUT2D eigenvalue weighted by atomic mass is 16.6. The molecule has 5 rings (SSSR count). The molecule has 3 aromatic carbocycles. The summed E-state index contributed by atoms with van der Waals surface area (Å²) in [6, 6.07) is 27.2. The highest BCUT2D eigenvalue weighted by Gasteiger charge is 2.48. The molecule has 0 spiro atoms. The van der Waals surface area contributed by atoms with Crippen molar-refractivity contribution in [2.75, 3.05) is 26.9 Å². The van der Waals surface area contributed by atoms with Crippen LogP contribution in [0.4, 0.5) is 0 Å². The number of H-pyrrole nitrogens is 1. The number of ether oxygens (including phenoxy) is 5. The van der Waals surface area contributed by atoms with E-state index >= 15 is 0 Å². The second-order valence-corrected chi connectivity index (χ2v) is 15.7. The van der Waals surface area contributed by atoms with Crippen molar-refractivity contribution in [3.63, 3.8) is 0 Å². The van der Waals surface area contributed by atoms with Gasteiger partial charge in [-0.3, -0.25) is 19.1 Å². The molecule has 1 unspecified atom stereocenters. The largest absolute Gasteiger partial charge is 0.497 e. The summed E-state index contributed by atoms with van der Waals surface area (Å²) in [5.41, 5.74) is 1.49. The molecule has 0 amide bonds. The smallest absolute Gasteiger partial charge is 0.330 e. The molecule has 320 valence electrons. The van der Waals surface area contributed by atoms with Gasteiger partial charge in [-0.2, -0.15) is 0 Å². The normalized spacial score (nSPS) is 18.7. The van der Waals surface area contributed by atoms with E-state index in [1.165, 1.54) is 81.5 Å². The van der Waals surface area contributed by atoms with E-state index in [1.807, 2.05) is 73.7 Å². The van der Waals surface area contributed by atoms with E-state index in [0.717, 1.165) is 54.4 Å². The lowest BCUT2D eigenvalue weighted by atomic mass is 9.79. The fraction of sp³-hybridized carbons (Fsp3) is 0.521. The number of aromatic amines is 1. The first-order chi connectivity index (χ1) is 28.7. The van der Waals surface area contributed by atoms with Crippen molar-refractivity contribution in [3.05, 3.63) is 134 Å². The molecule has 2 heterocycles. The third-order valence-corrected chi connectivity index (χ3v) is 11.2. The molecule has 1 aliphatic rings. The zero-order chi connectivity index (χ0) is 41.9. The van der Waals surface area contributed by atoms with E-state index in [0.29, 0.717) is 19.0 Å². The van der Waals surface area contributed by atoms with Gasteiger partial charge < -0.3 is 28.8 Å². The molecule has 5 atom stereocenters. The summed E-state index contributed by atoms with van der Waals surface area (Å²) in [4.78, 5) is 38.1. The average Bonchev–Trinajstić information content (AvgIpc) is 3.55. The number of carbonyl (C=O) groups excluding carboxylic acids is 1. The Kier molecular flexibility index (Phi) is 18.4. The van der Waals surface area contributed by atoms with Crippen molar-refractivity contribution in [1.82, 2.24) is 9.55 Å². The zero-order valence-corrected chi connectivity index (χ0v) is 35.2. The van der Waals surface area contributed by atoms with Gasteiger partial charge in [-0.05, 0) is 48.6 Å². The van der Waals surface area contributed by atoms with Crippen molar-refractivity contribution in [2.45, 2.75) is 134 Å². The number of aromatic nitrogens is 2. The van der Waals surface area contributed by atoms with E-state index in [2.05, 4.69) is 17.1 Å². The third-order valence-electron chi connectivity index (χ3n) is 11.2. The maximum Gasteiger partial charge on any atom is 0.330 e. The second kappa shape index (κ2) is 23.9. The van der Waals surface area contributed by atoms with Gasteiger partial charge in [0.15, 0.2) is 6.23 Å². The highest BCUT2D eigenvalue weighted by Crippen LogP contribution is 2.42. The number of aliphatic hydroxyl groups is 1. The predicted octanol–water partition coefficient (Wildman–Crippen LogP) is 8.53. The van der Waals surface area contributed by atoms with E-state index < -0.39 is 41.4 Å². The van der Waals surface area contributed by atoms with Gasteiger partial charge in [-0.1, -0.05) is 149 Å². The molecule has 0 radical (unpaired) electrons. The number of hydrogen-bond acceptors (Lipinski definition) is 9. The van der Waals surface area contributed by atoms with Crippen molar-refractivity contribution in [2.24, 2.45) is 0 Å². The Balaban J connectivity index is 1.16. The lowest BCUT2D eigenvalue weighted by Gasteiger charge is -2.37. The van der Waals surface area contributed by atoms with Crippen LogP contribution in [0, 0.1) is 6.92 Å². The summed E-state index contributed by atoms with van der Waals surface area (Å²) in [5, 5.41) is 11.8. The van der Waals surface area contributed by atoms with Gasteiger partial charge in [-0.25, -0.2) is 4.79 Å². The molecule has 4 aromatic rings. The third kappa shape index (κ3) is 13.2. The summed E-state index contributed by atoms with van der Waals surface area (Å²) >= 11 is 0. The first kappa shape index (κ1) is 45.5. The molecular formula is C48H64N2O9. The summed E-state index contributed by atoms with van der Waals surface area (Å²) in [6.45, 7) is 4.38. The number of nitrogens with zero attached hydrogens (tertiary/aromatic N) is 1. The summed E-state index contributed by atoms with van der Waals surface area (Å²) < 4.78 is 31.6. The average molecular weight is 813 g/mol. The van der Waals surface area contributed by atoms with E-state index in [4.69, 9.17) is 23.7 Å². The number of unbranched alkanes of at least 4 members (excludes halogenated alkanes) is 13. The summed E-state index contributed by atoms with van der Waals surface area (Å²) in [7, 11) is 1.63. The van der Waals surface area contributed by atoms with Gasteiger partial charge in [-0.15, -0.1) is 0 Å². The van der Waals surface area contributed by atoms with Gasteiger partial charge in [0.1, 0.15) is 29.7 Å². The van der Waals surface area contributed by atoms with Crippen LogP contribution in [0.25, 0.3) is 0 Å². The van der Waals surface area contributed by atoms with Gasteiger partial charge in [0, 0.05) is 25.8 Å². The van der Waals surface area contributed by atoms with Crippen molar-refractivity contribution >= 4 is 5.97 Å². The first-order valence-electron chi connectivity index (χ1n) is 21.5. The monoisotopic (exact) mass is 812 g/mol. The molecule has 59 heavy (non-hydrogen) atoms. The van der Waals surface area contributed by atoms with Crippen molar-refractivity contribution in [3.8, 4) is 5.75 Å². The number of rotatable bonds is 26. The van der Waals surface area contributed by atoms with Crippen LogP contribution in [0.5, 0.6) is 5.75 Å². The van der Waals surface area contributed by atoms with Crippen LogP contribution in [-0.4, -0.2) is 65.9 Å². The van der Waals surface area contributed by atoms with Crippen molar-refractivity contribution < 1.29 is 33.6 Å². The van der Waals surface area contributed by atoms with Crippen LogP contribution in [0.1, 0.15) is 125 Å². The standard InChI is InChI=1S/C48H64N2O9/c1-36-23-25-39(26-24-36)48(38-21-17-16-18-22-38,40-27-29-41(55-3)30-28-40)58-35-42-44(53)45(46(59-42)50-32-31-43(52)49-47(50)54)57-34-20-15-13-11-9-7-5-4-6-8-10-12-14-19-33-56-37(2)51/h16-18,21-32,42,44-46,53H,4-15,19-20,33-35H2,1-3H3,(H,49,52,54)/t42-,44-,45-,46-,48?/m1/s1. The van der Waals surface area contributed by atoms with Crippen LogP contribution < -0.4 is 16.0 Å². The van der Waals surface area contributed by atoms with E-state index in [-0.39, 0.29) is 12.6 Å². The molecule has 1 fully saturated rings. The van der Waals surface area contributed by atoms with Crippen molar-refractivity contribution in [1.29, 1.82) is 0 Å². The maximum absolute atomic E-state index is 13.0. The Morgan fingerprint density at radius 1 is 0.729 bits per heavy atom. The number of aryl methyl sites for hydroxylation is 1. The number of carbonyl (C=O) groups is 1. The van der Waals surface area contributed by atoms with Crippen LogP contribution in [-0.2, 0) is 29.3 Å². The number of esters is 1. The molecule has 0 aliphatic carbocycles. The number of aliphatic hydroxyl groups excluding tert-OH is 1. The second-order valence-electron chi connectivity index (χ2n) is 15.7. The van der Waals surface area contributed by atoms with E-state index in [9.17, 15) is 19.5 Å². The van der Waals surface area contributed by atoms with Gasteiger partial charge in [0.2, 0.25) is 0 Å². The molecule has 11 heteroatoms. The first-order valence-corrected chi connectivity index (χ1v) is 21.5. The van der Waals surface area contributed by atoms with E-state index in [1.54, 1.807) is 7.11 Å². The minimum absolute atomic E-state index is 0.0382. The SMILES string of the molecule is COc1ccc(C(OC[C@H]2O[C@@H](n3ccc(=O)[nH]c3=O)[C@H](OCCCCCCCCCCCCCCCCOC(C)=O)[C@@H]2O)(c2ccccc2)c2ccc(C)cc2)cc1. The Morgan fingerprint density at radius 3 is 1.80 bits per heavy atom. The fourth-order valence-electron chi connectivity index (χ4n) is 7.89. The summed E-state index contributed by atoms with van der Waals surface area (Å²) in [6.07, 6.45) is 13.7. The fourth-order valence-corrected chi connectivity index (χ4v) is 7.89. The number of methoxy groups -OCH3 is 1. The molecule has 0 bridgehead atoms. The number of benzene rings is 3. The van der Waals surface area contributed by atoms with Gasteiger partial charge in [0.25, 0.3) is 5.56 Å². The van der Waals surface area contributed by atoms with Crippen LogP contribution in [0.2, 0.25) is 0 Å². The topological polar surface area (TPSA) is 138 Å². The molecule has 1 saturated heterocycles. The number of nitrogens with one attached hydrogen (secondary N) is 1. The van der Waals surface area contributed by atoms with Gasteiger partial charge >= 0.3 is 11.7 Å². The zero-order valence-electron chi connectivity index (χ0n) is 35.2. The molecule has 1 aliphatic heterocycles. The quantitative estimate of drug-likeness (QED) is 0.0363. The van der Waals surface area contributed by atoms with Crippen LogP contribution >= 0.6 is 0 Å². The minimum Gasteiger partial charge on any atom is -0.497 e. The Morgan fingerprint density at radius 2 is 1.25 bits per heavy atom. The minimum atomic E-state index is -1.13. The Bertz CT molecular complexity index is 1930. The lowest BCUT2D eigenvalue weighted by Crippen LogP contribution is -2.41. The number of hydrogen-bond donors (Lipinski definition) is 2. The van der Waals surface area contributed by atoms with Crippen LogP contribution in [0.15, 0.2) is 101 Å². The Hall–Kier alpha value is -4.55. The van der Waals surface area contributed by atoms with Gasteiger partial charge in [0.05, 0.1) is 20.3 Å². The van der Waals surface area contributed by atoms with Crippen LogP contribution in [0.3, 0.4) is 0 Å². The predicted molar refractivity (Wildman–Crippen MR) is 229 cm³/mol. The molecule has 2 N–H and O–H groups in total. The molecule has 11 nitrogen and oxygen atoms in total. The lowest BCUT2D eigenvalue weighted by molar-refractivity contribution is -0.141. The Labute approximate surface area is 349 Å².